The molecule has 2 aliphatic rings. The van der Waals surface area contributed by atoms with E-state index in [0.717, 1.165) is 18.2 Å². The highest BCUT2D eigenvalue weighted by atomic mass is 31.1. The Morgan fingerprint density at radius 2 is 2.14 bits per heavy atom. The fourth-order valence-electron chi connectivity index (χ4n) is 2.55. The largest absolute Gasteiger partial charge is 0.478 e. The van der Waals surface area contributed by atoms with Crippen LogP contribution >= 0.6 is 7.92 Å². The van der Waals surface area contributed by atoms with E-state index in [1.165, 1.54) is 19.3 Å². The summed E-state index contributed by atoms with van der Waals surface area (Å²) in [5.41, 5.74) is 0.869. The lowest BCUT2D eigenvalue weighted by atomic mass is 10.1. The molecule has 1 fully saturated rings. The molecule has 0 aromatic heterocycles. The van der Waals surface area contributed by atoms with E-state index in [-0.39, 0.29) is 7.92 Å². The maximum absolute atomic E-state index is 5.69. The zero-order chi connectivity index (χ0) is 10.1. The summed E-state index contributed by atoms with van der Waals surface area (Å²) >= 11 is 0. The van der Waals surface area contributed by atoms with Gasteiger partial charge in [0.05, 0.1) is 6.04 Å². The van der Waals surface area contributed by atoms with Crippen LogP contribution in [0.1, 0.15) is 26.2 Å². The fraction of sp³-hybridized carbons (Fsp3) is 0.909. The summed E-state index contributed by atoms with van der Waals surface area (Å²) in [6, 6.07) is 0.395. The second-order valence-electron chi connectivity index (χ2n) is 4.70. The highest BCUT2D eigenvalue weighted by Gasteiger charge is 2.36. The van der Waals surface area contributed by atoms with Crippen molar-refractivity contribution in [2.45, 2.75) is 37.9 Å². The minimum absolute atomic E-state index is 0.168. The van der Waals surface area contributed by atoms with E-state index in [1.54, 1.807) is 0 Å². The molecule has 2 rings (SSSR count). The van der Waals surface area contributed by atoms with Gasteiger partial charge in [-0.2, -0.15) is 0 Å². The highest BCUT2D eigenvalue weighted by Crippen LogP contribution is 2.47. The van der Waals surface area contributed by atoms with Crippen molar-refractivity contribution in [1.29, 1.82) is 0 Å². The second kappa shape index (κ2) is 4.18. The van der Waals surface area contributed by atoms with Gasteiger partial charge in [0.1, 0.15) is 6.61 Å². The molecular formula is C11H20NOP. The van der Waals surface area contributed by atoms with Gasteiger partial charge in [-0.15, -0.1) is 7.92 Å². The Hall–Kier alpha value is -0.100. The van der Waals surface area contributed by atoms with Gasteiger partial charge >= 0.3 is 0 Å². The molecule has 0 radical (unpaired) electrons. The molecule has 1 heterocycles. The first-order valence-electron chi connectivity index (χ1n) is 5.55. The maximum Gasteiger partial charge on any atom is 0.187 e. The van der Waals surface area contributed by atoms with Crippen LogP contribution in [0.5, 0.6) is 0 Å². The summed E-state index contributed by atoms with van der Waals surface area (Å²) in [6.07, 6.45) is 4.06. The number of nitrogens with zero attached hydrogens (tertiary/aromatic N) is 1. The van der Waals surface area contributed by atoms with Gasteiger partial charge in [-0.05, 0) is 38.8 Å². The van der Waals surface area contributed by atoms with Crippen molar-refractivity contribution in [3.8, 4) is 0 Å². The van der Waals surface area contributed by atoms with E-state index in [9.17, 15) is 0 Å². The number of rotatable bonds is 2. The van der Waals surface area contributed by atoms with Crippen LogP contribution in [0.25, 0.3) is 0 Å². The average Bonchev–Trinajstić information content (AvgIpc) is 2.70. The van der Waals surface area contributed by atoms with Crippen LogP contribution in [-0.4, -0.2) is 37.5 Å². The summed E-state index contributed by atoms with van der Waals surface area (Å²) in [5, 5.41) is 0. The third-order valence-electron chi connectivity index (χ3n) is 3.28. The predicted molar refractivity (Wildman–Crippen MR) is 62.7 cm³/mol. The van der Waals surface area contributed by atoms with Gasteiger partial charge in [0.25, 0.3) is 0 Å². The Kier molecular flexibility index (Phi) is 3.11. The first-order valence-corrected chi connectivity index (χ1v) is 7.86. The summed E-state index contributed by atoms with van der Waals surface area (Å²) in [5.74, 6) is 1.73. The standard InChI is InChI=1S/C11H20NOP/c1-8-7-13-11(12-8)9-5-4-6-10(9)14(2)3/h8-10H,4-7H2,1-3H3/t8-,9?,10?/m0/s1. The van der Waals surface area contributed by atoms with Crippen molar-refractivity contribution in [2.24, 2.45) is 10.9 Å². The van der Waals surface area contributed by atoms with Gasteiger partial charge in [0, 0.05) is 5.92 Å². The van der Waals surface area contributed by atoms with Crippen molar-refractivity contribution >= 4 is 13.8 Å². The van der Waals surface area contributed by atoms with E-state index in [2.05, 4.69) is 25.2 Å². The summed E-state index contributed by atoms with van der Waals surface area (Å²) in [6.45, 7) is 7.72. The van der Waals surface area contributed by atoms with Crippen molar-refractivity contribution in [2.75, 3.05) is 19.9 Å². The third-order valence-corrected chi connectivity index (χ3v) is 5.22. The Balaban J connectivity index is 2.06. The first kappa shape index (κ1) is 10.4. The Labute approximate surface area is 87.9 Å². The van der Waals surface area contributed by atoms with E-state index in [1.807, 2.05) is 0 Å². The highest BCUT2D eigenvalue weighted by molar-refractivity contribution is 7.56. The van der Waals surface area contributed by atoms with Crippen molar-refractivity contribution in [3.63, 3.8) is 0 Å². The molecule has 0 spiro atoms. The molecule has 14 heavy (non-hydrogen) atoms. The lowest BCUT2D eigenvalue weighted by Crippen LogP contribution is -2.22. The summed E-state index contributed by atoms with van der Waals surface area (Å²) in [7, 11) is 0.168. The van der Waals surface area contributed by atoms with Crippen LogP contribution in [-0.2, 0) is 4.74 Å². The Morgan fingerprint density at radius 1 is 1.36 bits per heavy atom. The fourth-order valence-corrected chi connectivity index (χ4v) is 4.24. The summed E-state index contributed by atoms with van der Waals surface area (Å²) < 4.78 is 5.69. The van der Waals surface area contributed by atoms with E-state index >= 15 is 0 Å². The molecular weight excluding hydrogens is 193 g/mol. The maximum atomic E-state index is 5.69. The van der Waals surface area contributed by atoms with Crippen molar-refractivity contribution < 1.29 is 4.74 Å². The molecule has 0 aromatic carbocycles. The zero-order valence-corrected chi connectivity index (χ0v) is 10.3. The molecule has 0 N–H and O–H groups in total. The first-order chi connectivity index (χ1) is 6.68. The molecule has 3 heteroatoms. The Bertz CT molecular complexity index is 239. The van der Waals surface area contributed by atoms with Crippen LogP contribution in [0.3, 0.4) is 0 Å². The number of ether oxygens (including phenoxy) is 1. The number of aliphatic imine (C=N–C) groups is 1. The Morgan fingerprint density at radius 3 is 2.71 bits per heavy atom. The number of hydrogen-bond donors (Lipinski definition) is 0. The zero-order valence-electron chi connectivity index (χ0n) is 9.36. The molecule has 2 unspecified atom stereocenters. The minimum atomic E-state index is 0.168. The molecule has 80 valence electrons. The van der Waals surface area contributed by atoms with Crippen molar-refractivity contribution in [1.82, 2.24) is 0 Å². The monoisotopic (exact) mass is 213 g/mol. The molecule has 3 atom stereocenters. The number of hydrogen-bond acceptors (Lipinski definition) is 2. The molecule has 2 nitrogen and oxygen atoms in total. The molecule has 0 aromatic rings. The minimum Gasteiger partial charge on any atom is -0.478 e. The second-order valence-corrected chi connectivity index (χ2v) is 7.29. The van der Waals surface area contributed by atoms with E-state index < -0.39 is 0 Å². The topological polar surface area (TPSA) is 21.6 Å². The average molecular weight is 213 g/mol. The quantitative estimate of drug-likeness (QED) is 0.646. The van der Waals surface area contributed by atoms with E-state index in [4.69, 9.17) is 4.74 Å². The molecule has 1 aliphatic heterocycles. The van der Waals surface area contributed by atoms with Gasteiger partial charge in [-0.3, -0.25) is 0 Å². The van der Waals surface area contributed by atoms with Crippen LogP contribution in [0.15, 0.2) is 4.99 Å². The van der Waals surface area contributed by atoms with Crippen LogP contribution in [0, 0.1) is 5.92 Å². The van der Waals surface area contributed by atoms with Crippen molar-refractivity contribution in [3.05, 3.63) is 0 Å². The molecule has 1 saturated carbocycles. The van der Waals surface area contributed by atoms with Gasteiger partial charge in [-0.25, -0.2) is 4.99 Å². The van der Waals surface area contributed by atoms with Gasteiger partial charge in [-0.1, -0.05) is 6.42 Å². The molecule has 0 bridgehead atoms. The van der Waals surface area contributed by atoms with Crippen LogP contribution in [0.4, 0.5) is 0 Å². The van der Waals surface area contributed by atoms with Crippen LogP contribution in [0.2, 0.25) is 0 Å². The molecule has 1 aliphatic carbocycles. The van der Waals surface area contributed by atoms with Gasteiger partial charge in [0.2, 0.25) is 0 Å². The predicted octanol–water partition coefficient (Wildman–Crippen LogP) is 2.71. The molecule has 0 amide bonds. The van der Waals surface area contributed by atoms with E-state index in [0.29, 0.717) is 12.0 Å². The SMILES string of the molecule is C[C@H]1COC(C2CCCC2P(C)C)=N1. The van der Waals surface area contributed by atoms with Crippen LogP contribution < -0.4 is 0 Å². The van der Waals surface area contributed by atoms with Gasteiger partial charge in [0.15, 0.2) is 5.90 Å². The van der Waals surface area contributed by atoms with Gasteiger partial charge < -0.3 is 4.74 Å². The smallest absolute Gasteiger partial charge is 0.187 e. The lowest BCUT2D eigenvalue weighted by Gasteiger charge is -2.22. The summed E-state index contributed by atoms with van der Waals surface area (Å²) in [4.78, 5) is 4.61. The lowest BCUT2D eigenvalue weighted by molar-refractivity contribution is 0.303. The molecule has 0 saturated heterocycles. The third kappa shape index (κ3) is 1.95. The normalized spacial score (nSPS) is 37.4.